The van der Waals surface area contributed by atoms with Gasteiger partial charge < -0.3 is 20.5 Å². The Hall–Kier alpha value is -0.650. The van der Waals surface area contributed by atoms with Gasteiger partial charge in [-0.15, -0.1) is 0 Å². The number of ether oxygens (including phenoxy) is 1. The molecule has 0 aromatic rings. The lowest BCUT2D eigenvalue weighted by Gasteiger charge is -2.34. The van der Waals surface area contributed by atoms with E-state index in [0.29, 0.717) is 26.2 Å². The van der Waals surface area contributed by atoms with Gasteiger partial charge in [0.15, 0.2) is 0 Å². The molecule has 2 unspecified atom stereocenters. The van der Waals surface area contributed by atoms with E-state index in [1.807, 2.05) is 6.92 Å². The summed E-state index contributed by atoms with van der Waals surface area (Å²) in [5, 5.41) is 8.96. The van der Waals surface area contributed by atoms with Crippen molar-refractivity contribution >= 4 is 5.91 Å². The number of carbonyl (C=O) groups excluding carboxylic acids is 1. The van der Waals surface area contributed by atoms with E-state index in [1.54, 1.807) is 4.90 Å². The molecule has 1 heterocycles. The van der Waals surface area contributed by atoms with Crippen LogP contribution in [0, 0.1) is 5.92 Å². The van der Waals surface area contributed by atoms with E-state index in [-0.39, 0.29) is 24.5 Å². The maximum atomic E-state index is 11.9. The fourth-order valence-electron chi connectivity index (χ4n) is 1.73. The molecular weight excluding hydrogens is 196 g/mol. The van der Waals surface area contributed by atoms with Crippen molar-refractivity contribution in [2.45, 2.75) is 19.4 Å². The molecule has 88 valence electrons. The summed E-state index contributed by atoms with van der Waals surface area (Å²) in [4.78, 5) is 13.7. The molecule has 1 fully saturated rings. The van der Waals surface area contributed by atoms with E-state index in [0.717, 1.165) is 6.42 Å². The minimum Gasteiger partial charge on any atom is -0.394 e. The first-order valence-corrected chi connectivity index (χ1v) is 5.44. The van der Waals surface area contributed by atoms with Gasteiger partial charge >= 0.3 is 0 Å². The molecule has 15 heavy (non-hydrogen) atoms. The molecule has 0 aromatic carbocycles. The van der Waals surface area contributed by atoms with Gasteiger partial charge in [-0.25, -0.2) is 0 Å². The van der Waals surface area contributed by atoms with Gasteiger partial charge in [0.25, 0.3) is 0 Å². The van der Waals surface area contributed by atoms with Crippen LogP contribution in [0.5, 0.6) is 0 Å². The van der Waals surface area contributed by atoms with E-state index in [1.165, 1.54) is 0 Å². The van der Waals surface area contributed by atoms with E-state index in [9.17, 15) is 4.79 Å². The molecule has 0 radical (unpaired) electrons. The molecule has 0 bridgehead atoms. The van der Waals surface area contributed by atoms with E-state index >= 15 is 0 Å². The first-order chi connectivity index (χ1) is 7.22. The normalized spacial score (nSPS) is 23.9. The average Bonchev–Trinajstić information content (AvgIpc) is 2.30. The highest BCUT2D eigenvalue weighted by Crippen LogP contribution is 2.11. The van der Waals surface area contributed by atoms with E-state index in [2.05, 4.69) is 0 Å². The van der Waals surface area contributed by atoms with Crippen LogP contribution >= 0.6 is 0 Å². The van der Waals surface area contributed by atoms with Crippen LogP contribution in [-0.2, 0) is 9.53 Å². The minimum absolute atomic E-state index is 0.0385. The lowest BCUT2D eigenvalue weighted by molar-refractivity contribution is -0.144. The molecular formula is C10H20N2O3. The summed E-state index contributed by atoms with van der Waals surface area (Å²) in [5.74, 6) is -0.0100. The molecule has 0 spiro atoms. The maximum absolute atomic E-state index is 11.9. The molecule has 1 amide bonds. The number of hydrogen-bond acceptors (Lipinski definition) is 4. The molecule has 2 atom stereocenters. The number of morpholine rings is 1. The predicted molar refractivity (Wildman–Crippen MR) is 56.2 cm³/mol. The Morgan fingerprint density at radius 1 is 1.73 bits per heavy atom. The topological polar surface area (TPSA) is 75.8 Å². The summed E-state index contributed by atoms with van der Waals surface area (Å²) in [6, 6.07) is 0. The molecule has 1 rings (SSSR count). The van der Waals surface area contributed by atoms with Crippen LogP contribution in [0.1, 0.15) is 13.3 Å². The fourth-order valence-corrected chi connectivity index (χ4v) is 1.73. The minimum atomic E-state index is -0.238. The third kappa shape index (κ3) is 3.15. The Kier molecular flexibility index (Phi) is 5.01. The van der Waals surface area contributed by atoms with Gasteiger partial charge in [0.05, 0.1) is 25.2 Å². The number of aliphatic hydroxyl groups is 1. The first-order valence-electron chi connectivity index (χ1n) is 5.44. The van der Waals surface area contributed by atoms with Crippen LogP contribution in [0.25, 0.3) is 0 Å². The number of nitrogens with zero attached hydrogens (tertiary/aromatic N) is 1. The Labute approximate surface area is 90.2 Å². The van der Waals surface area contributed by atoms with E-state index < -0.39 is 0 Å². The largest absolute Gasteiger partial charge is 0.394 e. The summed E-state index contributed by atoms with van der Waals surface area (Å²) in [7, 11) is 0. The molecule has 1 saturated heterocycles. The van der Waals surface area contributed by atoms with Gasteiger partial charge in [-0.1, -0.05) is 6.92 Å². The zero-order chi connectivity index (χ0) is 11.3. The SMILES string of the molecule is CCC(CN)C(=O)N1CCOC(CO)C1. The first kappa shape index (κ1) is 12.4. The highest BCUT2D eigenvalue weighted by atomic mass is 16.5. The van der Waals surface area contributed by atoms with Crippen LogP contribution in [0.3, 0.4) is 0 Å². The molecule has 5 heteroatoms. The predicted octanol–water partition coefficient (Wildman–Crippen LogP) is -0.809. The summed E-state index contributed by atoms with van der Waals surface area (Å²) in [6.07, 6.45) is 0.522. The second kappa shape index (κ2) is 6.05. The number of hydrogen-bond donors (Lipinski definition) is 2. The summed E-state index contributed by atoms with van der Waals surface area (Å²) < 4.78 is 5.28. The van der Waals surface area contributed by atoms with Crippen molar-refractivity contribution < 1.29 is 14.6 Å². The highest BCUT2D eigenvalue weighted by molar-refractivity contribution is 5.79. The van der Waals surface area contributed by atoms with Gasteiger partial charge in [-0.3, -0.25) is 4.79 Å². The zero-order valence-corrected chi connectivity index (χ0v) is 9.19. The Balaban J connectivity index is 2.51. The molecule has 0 saturated carbocycles. The third-order valence-electron chi connectivity index (χ3n) is 2.78. The van der Waals surface area contributed by atoms with Gasteiger partial charge in [-0.2, -0.15) is 0 Å². The van der Waals surface area contributed by atoms with Crippen LogP contribution in [-0.4, -0.2) is 54.9 Å². The van der Waals surface area contributed by atoms with Crippen molar-refractivity contribution in [3.8, 4) is 0 Å². The Morgan fingerprint density at radius 3 is 3.00 bits per heavy atom. The van der Waals surface area contributed by atoms with Gasteiger partial charge in [-0.05, 0) is 6.42 Å². The molecule has 1 aliphatic heterocycles. The molecule has 5 nitrogen and oxygen atoms in total. The molecule has 0 aromatic heterocycles. The second-order valence-electron chi connectivity index (χ2n) is 3.80. The quantitative estimate of drug-likeness (QED) is 0.644. The molecule has 3 N–H and O–H groups in total. The van der Waals surface area contributed by atoms with Gasteiger partial charge in [0, 0.05) is 19.6 Å². The van der Waals surface area contributed by atoms with Crippen LogP contribution < -0.4 is 5.73 Å². The van der Waals surface area contributed by atoms with Crippen molar-refractivity contribution in [3.05, 3.63) is 0 Å². The summed E-state index contributed by atoms with van der Waals surface area (Å²) in [5.41, 5.74) is 5.53. The highest BCUT2D eigenvalue weighted by Gasteiger charge is 2.27. The zero-order valence-electron chi connectivity index (χ0n) is 9.19. The molecule has 1 aliphatic rings. The number of aliphatic hydroxyl groups excluding tert-OH is 1. The van der Waals surface area contributed by atoms with Crippen molar-refractivity contribution in [1.29, 1.82) is 0 Å². The standard InChI is InChI=1S/C10H20N2O3/c1-2-8(5-11)10(14)12-3-4-15-9(6-12)7-13/h8-9,13H,2-7,11H2,1H3. The fraction of sp³-hybridized carbons (Fsp3) is 0.900. The lowest BCUT2D eigenvalue weighted by atomic mass is 10.0. The number of nitrogens with two attached hydrogens (primary N) is 1. The summed E-state index contributed by atoms with van der Waals surface area (Å²) >= 11 is 0. The van der Waals surface area contributed by atoms with Gasteiger partial charge in [0.2, 0.25) is 5.91 Å². The average molecular weight is 216 g/mol. The van der Waals surface area contributed by atoms with Crippen LogP contribution in [0.4, 0.5) is 0 Å². The number of amides is 1. The Morgan fingerprint density at radius 2 is 2.47 bits per heavy atom. The van der Waals surface area contributed by atoms with Crippen molar-refractivity contribution in [2.24, 2.45) is 11.7 Å². The van der Waals surface area contributed by atoms with Gasteiger partial charge in [0.1, 0.15) is 0 Å². The van der Waals surface area contributed by atoms with Crippen LogP contribution in [0.15, 0.2) is 0 Å². The maximum Gasteiger partial charge on any atom is 0.227 e. The second-order valence-corrected chi connectivity index (χ2v) is 3.80. The number of rotatable bonds is 4. The van der Waals surface area contributed by atoms with E-state index in [4.69, 9.17) is 15.6 Å². The lowest BCUT2D eigenvalue weighted by Crippen LogP contribution is -2.49. The Bertz CT molecular complexity index is 207. The third-order valence-corrected chi connectivity index (χ3v) is 2.78. The number of carbonyl (C=O) groups is 1. The summed E-state index contributed by atoms with van der Waals surface area (Å²) in [6.45, 7) is 3.88. The van der Waals surface area contributed by atoms with Crippen molar-refractivity contribution in [3.63, 3.8) is 0 Å². The molecule has 0 aliphatic carbocycles. The van der Waals surface area contributed by atoms with Crippen molar-refractivity contribution in [1.82, 2.24) is 4.90 Å². The van der Waals surface area contributed by atoms with Crippen molar-refractivity contribution in [2.75, 3.05) is 32.8 Å². The monoisotopic (exact) mass is 216 g/mol. The smallest absolute Gasteiger partial charge is 0.227 e. The van der Waals surface area contributed by atoms with Crippen LogP contribution in [0.2, 0.25) is 0 Å².